The van der Waals surface area contributed by atoms with Crippen LogP contribution < -0.4 is 10.6 Å². The number of carbonyl (C=O) groups excluding carboxylic acids is 1. The van der Waals surface area contributed by atoms with Crippen LogP contribution in [-0.2, 0) is 6.54 Å². The molecule has 1 unspecified atom stereocenters. The van der Waals surface area contributed by atoms with Crippen molar-refractivity contribution in [2.24, 2.45) is 0 Å². The van der Waals surface area contributed by atoms with Crippen molar-refractivity contribution in [2.45, 2.75) is 19.5 Å². The van der Waals surface area contributed by atoms with E-state index in [0.29, 0.717) is 12.2 Å². The number of hydrogen-bond donors (Lipinski definition) is 2. The molecule has 0 aliphatic carbocycles. The van der Waals surface area contributed by atoms with E-state index in [2.05, 4.69) is 10.6 Å². The van der Waals surface area contributed by atoms with Crippen LogP contribution in [0, 0.1) is 11.6 Å². The van der Waals surface area contributed by atoms with Crippen molar-refractivity contribution in [3.05, 3.63) is 70.4 Å². The van der Waals surface area contributed by atoms with E-state index in [1.165, 1.54) is 35.2 Å². The van der Waals surface area contributed by atoms with E-state index in [0.717, 1.165) is 16.7 Å². The molecule has 1 heterocycles. The topological polar surface area (TPSA) is 44.4 Å². The molecule has 0 saturated heterocycles. The lowest BCUT2D eigenvalue weighted by Gasteiger charge is -2.30. The zero-order valence-corrected chi connectivity index (χ0v) is 15.1. The van der Waals surface area contributed by atoms with Crippen LogP contribution in [0.4, 0.5) is 19.3 Å². The average molecular weight is 378 g/mol. The van der Waals surface area contributed by atoms with Gasteiger partial charge in [-0.05, 0) is 54.0 Å². The number of amides is 2. The van der Waals surface area contributed by atoms with Crippen molar-refractivity contribution in [1.29, 1.82) is 0 Å². The minimum atomic E-state index is -0.552. The van der Waals surface area contributed by atoms with Gasteiger partial charge in [0.1, 0.15) is 11.6 Å². The van der Waals surface area contributed by atoms with Crippen LogP contribution in [0.25, 0.3) is 5.57 Å². The van der Waals surface area contributed by atoms with Gasteiger partial charge < -0.3 is 15.5 Å². The highest BCUT2D eigenvalue weighted by atomic mass is 35.5. The first-order valence-corrected chi connectivity index (χ1v) is 8.45. The molecule has 4 nitrogen and oxygen atoms in total. The molecular weight excluding hydrogens is 360 g/mol. The first-order chi connectivity index (χ1) is 12.4. The lowest BCUT2D eigenvalue weighted by atomic mass is 9.92. The van der Waals surface area contributed by atoms with Gasteiger partial charge in [0, 0.05) is 25.5 Å². The molecule has 2 N–H and O–H groups in total. The molecular formula is C19H18ClF2N3O. The van der Waals surface area contributed by atoms with E-state index < -0.39 is 5.82 Å². The van der Waals surface area contributed by atoms with E-state index in [1.54, 1.807) is 19.3 Å². The zero-order valence-electron chi connectivity index (χ0n) is 14.3. The first-order valence-electron chi connectivity index (χ1n) is 8.08. The monoisotopic (exact) mass is 377 g/mol. The number of halogens is 3. The molecule has 0 bridgehead atoms. The number of carbonyl (C=O) groups is 1. The Balaban J connectivity index is 1.78. The minimum absolute atomic E-state index is 0.0675. The number of benzene rings is 2. The normalized spacial score (nSPS) is 14.0. The number of rotatable bonds is 3. The van der Waals surface area contributed by atoms with E-state index in [-0.39, 0.29) is 22.9 Å². The highest BCUT2D eigenvalue weighted by molar-refractivity contribution is 6.31. The van der Waals surface area contributed by atoms with Gasteiger partial charge in [0.05, 0.1) is 11.1 Å². The molecule has 0 saturated carbocycles. The standard InChI is InChI=1S/C19H18ClF2N3O/c1-11(16-10-23-9-12-3-4-13(21)7-15(12)16)25(2)19(26)24-14-5-6-18(22)17(20)8-14/h3-8,10-11,23H,9H2,1-2H3,(H,24,26). The largest absolute Gasteiger partial charge is 0.386 e. The van der Waals surface area contributed by atoms with Crippen LogP contribution in [0.5, 0.6) is 0 Å². The lowest BCUT2D eigenvalue weighted by molar-refractivity contribution is 0.217. The van der Waals surface area contributed by atoms with Crippen LogP contribution in [0.1, 0.15) is 18.1 Å². The van der Waals surface area contributed by atoms with Crippen molar-refractivity contribution in [3.8, 4) is 0 Å². The van der Waals surface area contributed by atoms with Crippen molar-refractivity contribution >= 4 is 28.9 Å². The van der Waals surface area contributed by atoms with Gasteiger partial charge in [-0.1, -0.05) is 17.7 Å². The highest BCUT2D eigenvalue weighted by Gasteiger charge is 2.24. The van der Waals surface area contributed by atoms with E-state index in [1.807, 2.05) is 6.92 Å². The predicted molar refractivity (Wildman–Crippen MR) is 98.9 cm³/mol. The Morgan fingerprint density at radius 3 is 2.77 bits per heavy atom. The van der Waals surface area contributed by atoms with E-state index >= 15 is 0 Å². The summed E-state index contributed by atoms with van der Waals surface area (Å²) in [7, 11) is 1.64. The Labute approximate surface area is 155 Å². The highest BCUT2D eigenvalue weighted by Crippen LogP contribution is 2.28. The number of hydrogen-bond acceptors (Lipinski definition) is 2. The summed E-state index contributed by atoms with van der Waals surface area (Å²) >= 11 is 5.74. The van der Waals surface area contributed by atoms with Crippen LogP contribution in [0.2, 0.25) is 5.02 Å². The Morgan fingerprint density at radius 2 is 2.04 bits per heavy atom. The number of anilines is 1. The maximum atomic E-state index is 13.7. The molecule has 26 heavy (non-hydrogen) atoms. The molecule has 2 aromatic rings. The molecule has 1 atom stereocenters. The SMILES string of the molecule is CC(C1=CNCc2ccc(F)cc21)N(C)C(=O)Nc1ccc(F)c(Cl)c1. The fraction of sp³-hybridized carbons (Fsp3) is 0.211. The molecule has 2 amide bonds. The predicted octanol–water partition coefficient (Wildman–Crippen LogP) is 4.61. The van der Waals surface area contributed by atoms with Gasteiger partial charge in [0.25, 0.3) is 0 Å². The Hall–Kier alpha value is -2.60. The second-order valence-electron chi connectivity index (χ2n) is 6.13. The van der Waals surface area contributed by atoms with Gasteiger partial charge in [0.2, 0.25) is 0 Å². The molecule has 136 valence electrons. The maximum Gasteiger partial charge on any atom is 0.322 e. The van der Waals surface area contributed by atoms with Crippen molar-refractivity contribution in [2.75, 3.05) is 12.4 Å². The Kier molecular flexibility index (Phi) is 5.13. The number of likely N-dealkylation sites (N-methyl/N-ethyl adjacent to an activating group) is 1. The molecule has 1 aliphatic heterocycles. The average Bonchev–Trinajstić information content (AvgIpc) is 2.63. The third-order valence-corrected chi connectivity index (χ3v) is 4.74. The van der Waals surface area contributed by atoms with Crippen molar-refractivity contribution in [3.63, 3.8) is 0 Å². The molecule has 3 rings (SSSR count). The van der Waals surface area contributed by atoms with Crippen LogP contribution >= 0.6 is 11.6 Å². The molecule has 0 spiro atoms. The van der Waals surface area contributed by atoms with Gasteiger partial charge in [-0.2, -0.15) is 0 Å². The number of urea groups is 1. The van der Waals surface area contributed by atoms with Gasteiger partial charge in [-0.25, -0.2) is 13.6 Å². The molecule has 1 aliphatic rings. The summed E-state index contributed by atoms with van der Waals surface area (Å²) in [5.41, 5.74) is 2.94. The maximum absolute atomic E-state index is 13.7. The van der Waals surface area contributed by atoms with Gasteiger partial charge in [0.15, 0.2) is 0 Å². The molecule has 2 aromatic carbocycles. The lowest BCUT2D eigenvalue weighted by Crippen LogP contribution is -2.40. The summed E-state index contributed by atoms with van der Waals surface area (Å²) in [5, 5.41) is 5.76. The number of nitrogens with one attached hydrogen (secondary N) is 2. The summed E-state index contributed by atoms with van der Waals surface area (Å²) in [6.45, 7) is 2.46. The van der Waals surface area contributed by atoms with Crippen LogP contribution in [-0.4, -0.2) is 24.0 Å². The molecule has 0 aromatic heterocycles. The smallest absolute Gasteiger partial charge is 0.322 e. The Bertz CT molecular complexity index is 885. The fourth-order valence-corrected chi connectivity index (χ4v) is 3.02. The fourth-order valence-electron chi connectivity index (χ4n) is 2.84. The summed E-state index contributed by atoms with van der Waals surface area (Å²) in [4.78, 5) is 14.0. The summed E-state index contributed by atoms with van der Waals surface area (Å²) < 4.78 is 26.9. The van der Waals surface area contributed by atoms with Crippen LogP contribution in [0.3, 0.4) is 0 Å². The second-order valence-corrected chi connectivity index (χ2v) is 6.54. The Morgan fingerprint density at radius 1 is 1.27 bits per heavy atom. The minimum Gasteiger partial charge on any atom is -0.386 e. The van der Waals surface area contributed by atoms with Gasteiger partial charge in [-0.3, -0.25) is 0 Å². The number of fused-ring (bicyclic) bond motifs is 1. The van der Waals surface area contributed by atoms with E-state index in [9.17, 15) is 13.6 Å². The summed E-state index contributed by atoms with van der Waals surface area (Å²) in [5.74, 6) is -0.875. The van der Waals surface area contributed by atoms with Crippen molar-refractivity contribution < 1.29 is 13.6 Å². The summed E-state index contributed by atoms with van der Waals surface area (Å²) in [6, 6.07) is 7.89. The third kappa shape index (κ3) is 3.65. The molecule has 0 radical (unpaired) electrons. The summed E-state index contributed by atoms with van der Waals surface area (Å²) in [6.07, 6.45) is 1.80. The van der Waals surface area contributed by atoms with Crippen LogP contribution in [0.15, 0.2) is 42.6 Å². The second kappa shape index (κ2) is 7.33. The first kappa shape index (κ1) is 18.2. The molecule has 7 heteroatoms. The quantitative estimate of drug-likeness (QED) is 0.820. The van der Waals surface area contributed by atoms with Gasteiger partial charge >= 0.3 is 6.03 Å². The molecule has 0 fully saturated rings. The van der Waals surface area contributed by atoms with E-state index in [4.69, 9.17) is 11.6 Å². The number of nitrogens with zero attached hydrogens (tertiary/aromatic N) is 1. The zero-order chi connectivity index (χ0) is 18.8. The van der Waals surface area contributed by atoms with Gasteiger partial charge in [-0.15, -0.1) is 0 Å². The third-order valence-electron chi connectivity index (χ3n) is 4.46. The van der Waals surface area contributed by atoms with Crippen molar-refractivity contribution in [1.82, 2.24) is 10.2 Å².